The fourth-order valence-electron chi connectivity index (χ4n) is 3.50. The molecule has 0 heterocycles. The van der Waals surface area contributed by atoms with Gasteiger partial charge in [-0.3, -0.25) is 4.79 Å². The van der Waals surface area contributed by atoms with Crippen LogP contribution in [0.1, 0.15) is 46.5 Å². The van der Waals surface area contributed by atoms with Gasteiger partial charge in [-0.2, -0.15) is 0 Å². The molecule has 0 bridgehead atoms. The van der Waals surface area contributed by atoms with Gasteiger partial charge in [-0.15, -0.1) is 0 Å². The average molecular weight is 218 g/mol. The topological polar surface area (TPSA) is 17.1 Å². The second-order valence-electron chi connectivity index (χ2n) is 5.57. The van der Waals surface area contributed by atoms with Gasteiger partial charge in [0.1, 0.15) is 6.29 Å². The molecule has 0 aromatic carbocycles. The molecule has 0 saturated heterocycles. The van der Waals surface area contributed by atoms with Gasteiger partial charge in [-0.1, -0.05) is 24.1 Å². The Labute approximate surface area is 98.6 Å². The maximum absolute atomic E-state index is 10.7. The molecule has 0 unspecified atom stereocenters. The molecule has 16 heavy (non-hydrogen) atoms. The zero-order valence-electron chi connectivity index (χ0n) is 10.6. The van der Waals surface area contributed by atoms with Gasteiger partial charge in [0.2, 0.25) is 0 Å². The highest BCUT2D eigenvalue weighted by molar-refractivity contribution is 5.72. The largest absolute Gasteiger partial charge is 0.298 e. The summed E-state index contributed by atoms with van der Waals surface area (Å²) in [6, 6.07) is 0. The number of hydrogen-bond acceptors (Lipinski definition) is 1. The minimum absolute atomic E-state index is 0.550. The summed E-state index contributed by atoms with van der Waals surface area (Å²) >= 11 is 0. The first-order chi connectivity index (χ1) is 7.63. The molecule has 0 amide bonds. The van der Waals surface area contributed by atoms with Crippen molar-refractivity contribution in [1.29, 1.82) is 0 Å². The van der Waals surface area contributed by atoms with Crippen LogP contribution in [0.3, 0.4) is 0 Å². The third-order valence-corrected chi connectivity index (χ3v) is 4.39. The average Bonchev–Trinajstić information content (AvgIpc) is 2.66. The van der Waals surface area contributed by atoms with Crippen LogP contribution in [0.15, 0.2) is 22.8 Å². The third-order valence-electron chi connectivity index (χ3n) is 4.39. The molecule has 0 aromatic rings. The van der Waals surface area contributed by atoms with E-state index in [1.165, 1.54) is 25.7 Å². The first kappa shape index (κ1) is 11.6. The maximum atomic E-state index is 10.7. The second kappa shape index (κ2) is 4.57. The Morgan fingerprint density at radius 1 is 1.31 bits per heavy atom. The number of carbonyl (C=O) groups is 1. The van der Waals surface area contributed by atoms with Crippen molar-refractivity contribution < 1.29 is 4.79 Å². The molecule has 2 aliphatic rings. The normalized spacial score (nSPS) is 35.2. The summed E-state index contributed by atoms with van der Waals surface area (Å²) in [5.41, 5.74) is 4.15. The van der Waals surface area contributed by atoms with Crippen LogP contribution in [0, 0.1) is 17.8 Å². The standard InChI is InChI=1S/C15H22O/c1-10(9-16)8-13-6-4-11(2)14-7-5-12(3)15(13)14/h8-9,11,13-14H,4-7H2,1-3H3/b10-8+/t11-,13+,14-/m1/s1. The van der Waals surface area contributed by atoms with E-state index in [1.54, 1.807) is 11.1 Å². The van der Waals surface area contributed by atoms with Gasteiger partial charge < -0.3 is 0 Å². The Hall–Kier alpha value is -0.850. The van der Waals surface area contributed by atoms with E-state index >= 15 is 0 Å². The van der Waals surface area contributed by atoms with E-state index in [2.05, 4.69) is 19.9 Å². The van der Waals surface area contributed by atoms with Gasteiger partial charge in [0.15, 0.2) is 0 Å². The Kier molecular flexibility index (Phi) is 3.32. The summed E-state index contributed by atoms with van der Waals surface area (Å²) in [6.07, 6.45) is 8.33. The Bertz CT molecular complexity index is 348. The summed E-state index contributed by atoms with van der Waals surface area (Å²) in [5, 5.41) is 0. The van der Waals surface area contributed by atoms with Gasteiger partial charge in [0, 0.05) is 0 Å². The van der Waals surface area contributed by atoms with Crippen molar-refractivity contribution >= 4 is 6.29 Å². The molecule has 3 atom stereocenters. The monoisotopic (exact) mass is 218 g/mol. The predicted molar refractivity (Wildman–Crippen MR) is 67.1 cm³/mol. The fourth-order valence-corrected chi connectivity index (χ4v) is 3.50. The van der Waals surface area contributed by atoms with Gasteiger partial charge in [0.25, 0.3) is 0 Å². The highest BCUT2D eigenvalue weighted by Gasteiger charge is 2.35. The zero-order valence-corrected chi connectivity index (χ0v) is 10.6. The second-order valence-corrected chi connectivity index (χ2v) is 5.57. The van der Waals surface area contributed by atoms with Crippen LogP contribution in [0.25, 0.3) is 0 Å². The highest BCUT2D eigenvalue weighted by Crippen LogP contribution is 2.48. The first-order valence-corrected chi connectivity index (χ1v) is 6.46. The first-order valence-electron chi connectivity index (χ1n) is 6.46. The summed E-state index contributed by atoms with van der Waals surface area (Å²) in [5.74, 6) is 2.19. The van der Waals surface area contributed by atoms with Crippen molar-refractivity contribution in [3.63, 3.8) is 0 Å². The quantitative estimate of drug-likeness (QED) is 0.390. The van der Waals surface area contributed by atoms with Crippen LogP contribution in [0.2, 0.25) is 0 Å². The SMILES string of the molecule is CC1=C2[C@H](/C=C(\C)C=O)CC[C@@H](C)[C@H]2CC1. The summed E-state index contributed by atoms with van der Waals surface area (Å²) in [7, 11) is 0. The molecule has 88 valence electrons. The third kappa shape index (κ3) is 2.00. The summed E-state index contributed by atoms with van der Waals surface area (Å²) < 4.78 is 0. The molecule has 0 N–H and O–H groups in total. The van der Waals surface area contributed by atoms with E-state index in [-0.39, 0.29) is 0 Å². The van der Waals surface area contributed by atoms with Crippen LogP contribution in [0.4, 0.5) is 0 Å². The maximum Gasteiger partial charge on any atom is 0.145 e. The number of fused-ring (bicyclic) bond motifs is 1. The summed E-state index contributed by atoms with van der Waals surface area (Å²) in [6.45, 7) is 6.59. The lowest BCUT2D eigenvalue weighted by Gasteiger charge is -2.34. The van der Waals surface area contributed by atoms with Crippen molar-refractivity contribution in [1.82, 2.24) is 0 Å². The zero-order chi connectivity index (χ0) is 11.7. The van der Waals surface area contributed by atoms with E-state index in [0.717, 1.165) is 23.7 Å². The van der Waals surface area contributed by atoms with E-state index in [0.29, 0.717) is 5.92 Å². The smallest absolute Gasteiger partial charge is 0.145 e. The Balaban J connectivity index is 2.27. The minimum atomic E-state index is 0.550. The van der Waals surface area contributed by atoms with Gasteiger partial charge in [-0.25, -0.2) is 0 Å². The van der Waals surface area contributed by atoms with Crippen LogP contribution in [0.5, 0.6) is 0 Å². The molecule has 0 spiro atoms. The van der Waals surface area contributed by atoms with E-state index in [9.17, 15) is 4.79 Å². The Morgan fingerprint density at radius 3 is 2.75 bits per heavy atom. The van der Waals surface area contributed by atoms with Crippen molar-refractivity contribution in [2.45, 2.75) is 46.5 Å². The number of rotatable bonds is 2. The summed E-state index contributed by atoms with van der Waals surface area (Å²) in [4.78, 5) is 10.7. The van der Waals surface area contributed by atoms with Crippen LogP contribution >= 0.6 is 0 Å². The molecule has 1 nitrogen and oxygen atoms in total. The molecule has 0 radical (unpaired) electrons. The lowest BCUT2D eigenvalue weighted by molar-refractivity contribution is -0.104. The molecule has 1 heteroatoms. The molecular weight excluding hydrogens is 196 g/mol. The molecule has 0 aliphatic heterocycles. The van der Waals surface area contributed by atoms with E-state index < -0.39 is 0 Å². The van der Waals surface area contributed by atoms with Gasteiger partial charge in [-0.05, 0) is 62.9 Å². The van der Waals surface area contributed by atoms with E-state index in [1.807, 2.05) is 6.92 Å². The molecular formula is C15H22O. The van der Waals surface area contributed by atoms with Gasteiger partial charge in [0.05, 0.1) is 0 Å². The van der Waals surface area contributed by atoms with Crippen molar-refractivity contribution in [2.24, 2.45) is 17.8 Å². The molecule has 2 aliphatic carbocycles. The fraction of sp³-hybridized carbons (Fsp3) is 0.667. The van der Waals surface area contributed by atoms with Crippen LogP contribution < -0.4 is 0 Å². The minimum Gasteiger partial charge on any atom is -0.298 e. The molecule has 0 aromatic heterocycles. The van der Waals surface area contributed by atoms with Crippen molar-refractivity contribution in [2.75, 3.05) is 0 Å². The van der Waals surface area contributed by atoms with Crippen molar-refractivity contribution in [3.05, 3.63) is 22.8 Å². The predicted octanol–water partition coefficient (Wildman–Crippen LogP) is 3.90. The Morgan fingerprint density at radius 2 is 2.06 bits per heavy atom. The number of hydrogen-bond donors (Lipinski definition) is 0. The van der Waals surface area contributed by atoms with E-state index in [4.69, 9.17) is 0 Å². The number of allylic oxidation sites excluding steroid dienone is 4. The molecule has 2 rings (SSSR count). The van der Waals surface area contributed by atoms with Crippen molar-refractivity contribution in [3.8, 4) is 0 Å². The highest BCUT2D eigenvalue weighted by atomic mass is 16.1. The van der Waals surface area contributed by atoms with Gasteiger partial charge >= 0.3 is 0 Å². The number of carbonyl (C=O) groups excluding carboxylic acids is 1. The van der Waals surface area contributed by atoms with Crippen LogP contribution in [-0.2, 0) is 4.79 Å². The lowest BCUT2D eigenvalue weighted by atomic mass is 9.71. The molecule has 1 saturated carbocycles. The lowest BCUT2D eigenvalue weighted by Crippen LogP contribution is -2.23. The van der Waals surface area contributed by atoms with Crippen LogP contribution in [-0.4, -0.2) is 6.29 Å². The number of aldehydes is 1. The molecule has 1 fully saturated rings.